The van der Waals surface area contributed by atoms with Gasteiger partial charge in [0.05, 0.1) is 0 Å². The van der Waals surface area contributed by atoms with Crippen LogP contribution in [-0.4, -0.2) is 25.2 Å². The van der Waals surface area contributed by atoms with Gasteiger partial charge >= 0.3 is 0 Å². The van der Waals surface area contributed by atoms with Crippen molar-refractivity contribution in [3.05, 3.63) is 42.5 Å². The highest BCUT2D eigenvalue weighted by atomic mass is 79.9. The Labute approximate surface area is 110 Å². The maximum atomic E-state index is 5.81. The van der Waals surface area contributed by atoms with Gasteiger partial charge in [-0.25, -0.2) is 0 Å². The summed E-state index contributed by atoms with van der Waals surface area (Å²) >= 11 is 3.39. The average Bonchev–Trinajstić information content (AvgIpc) is 2.40. The van der Waals surface area contributed by atoms with Crippen LogP contribution in [-0.2, 0) is 4.74 Å². The predicted molar refractivity (Wildman–Crippen MR) is 74.0 cm³/mol. The van der Waals surface area contributed by atoms with Crippen LogP contribution in [0.3, 0.4) is 0 Å². The highest BCUT2D eigenvalue weighted by Crippen LogP contribution is 2.25. The van der Waals surface area contributed by atoms with Gasteiger partial charge in [-0.15, -0.1) is 0 Å². The van der Waals surface area contributed by atoms with Crippen molar-refractivity contribution >= 4 is 26.7 Å². The lowest BCUT2D eigenvalue weighted by Crippen LogP contribution is -2.21. The number of hydrogen-bond acceptors (Lipinski definition) is 2. The Kier molecular flexibility index (Phi) is 4.40. The van der Waals surface area contributed by atoms with Crippen LogP contribution in [0.4, 0.5) is 0 Å². The molecule has 0 saturated heterocycles. The highest BCUT2D eigenvalue weighted by molar-refractivity contribution is 9.09. The van der Waals surface area contributed by atoms with Crippen molar-refractivity contribution in [1.29, 1.82) is 0 Å². The van der Waals surface area contributed by atoms with Gasteiger partial charge in [0.25, 0.3) is 0 Å². The van der Waals surface area contributed by atoms with Gasteiger partial charge in [-0.05, 0) is 11.5 Å². The summed E-state index contributed by atoms with van der Waals surface area (Å²) in [5.74, 6) is 0.908. The van der Waals surface area contributed by atoms with Crippen LogP contribution in [0.25, 0.3) is 10.8 Å². The van der Waals surface area contributed by atoms with Crippen molar-refractivity contribution in [1.82, 2.24) is 0 Å². The normalized spacial score (nSPS) is 12.6. The highest BCUT2D eigenvalue weighted by Gasteiger charge is 2.07. The Bertz CT molecular complexity index is 475. The molecule has 0 radical (unpaired) electrons. The van der Waals surface area contributed by atoms with Gasteiger partial charge in [0.1, 0.15) is 18.5 Å². The van der Waals surface area contributed by atoms with Crippen LogP contribution in [0, 0.1) is 0 Å². The van der Waals surface area contributed by atoms with Crippen LogP contribution >= 0.6 is 15.9 Å². The second-order valence-corrected chi connectivity index (χ2v) is 4.45. The molecule has 0 heterocycles. The van der Waals surface area contributed by atoms with E-state index in [2.05, 4.69) is 34.1 Å². The lowest BCUT2D eigenvalue weighted by atomic mass is 10.1. The predicted octanol–water partition coefficient (Wildman–Crippen LogP) is 3.63. The first-order valence-corrected chi connectivity index (χ1v) is 6.66. The zero-order valence-electron chi connectivity index (χ0n) is 9.73. The fourth-order valence-electron chi connectivity index (χ4n) is 1.68. The maximum absolute atomic E-state index is 5.81. The number of hydrogen-bond donors (Lipinski definition) is 0. The molecule has 0 aromatic heterocycles. The Morgan fingerprint density at radius 3 is 2.65 bits per heavy atom. The molecule has 90 valence electrons. The fourth-order valence-corrected chi connectivity index (χ4v) is 2.13. The van der Waals surface area contributed by atoms with E-state index in [0.29, 0.717) is 6.61 Å². The lowest BCUT2D eigenvalue weighted by molar-refractivity contribution is 0.0764. The van der Waals surface area contributed by atoms with Crippen molar-refractivity contribution in [3.63, 3.8) is 0 Å². The summed E-state index contributed by atoms with van der Waals surface area (Å²) in [5.41, 5.74) is 0. The quantitative estimate of drug-likeness (QED) is 0.784. The summed E-state index contributed by atoms with van der Waals surface area (Å²) in [6.45, 7) is 0.551. The molecular formula is C14H15BrO2. The molecule has 2 aromatic carbocycles. The van der Waals surface area contributed by atoms with E-state index < -0.39 is 0 Å². The monoisotopic (exact) mass is 294 g/mol. The number of halogens is 1. The van der Waals surface area contributed by atoms with Crippen LogP contribution in [0.2, 0.25) is 0 Å². The zero-order valence-corrected chi connectivity index (χ0v) is 11.3. The molecule has 2 aromatic rings. The summed E-state index contributed by atoms with van der Waals surface area (Å²) in [5, 5.41) is 3.10. The lowest BCUT2D eigenvalue weighted by Gasteiger charge is -2.14. The fraction of sp³-hybridized carbons (Fsp3) is 0.286. The molecular weight excluding hydrogens is 280 g/mol. The second kappa shape index (κ2) is 6.03. The van der Waals surface area contributed by atoms with Crippen molar-refractivity contribution in [2.45, 2.75) is 6.10 Å². The van der Waals surface area contributed by atoms with E-state index in [1.54, 1.807) is 7.11 Å². The molecule has 0 amide bonds. The van der Waals surface area contributed by atoms with E-state index in [1.807, 2.05) is 24.3 Å². The van der Waals surface area contributed by atoms with Crippen LogP contribution in [0.15, 0.2) is 42.5 Å². The van der Waals surface area contributed by atoms with Crippen molar-refractivity contribution < 1.29 is 9.47 Å². The summed E-state index contributed by atoms with van der Waals surface area (Å²) in [6, 6.07) is 14.3. The first kappa shape index (κ1) is 12.4. The topological polar surface area (TPSA) is 18.5 Å². The molecule has 0 aliphatic heterocycles. The van der Waals surface area contributed by atoms with E-state index in [9.17, 15) is 0 Å². The molecule has 2 rings (SSSR count). The van der Waals surface area contributed by atoms with Gasteiger partial charge in [0, 0.05) is 17.8 Å². The van der Waals surface area contributed by atoms with Crippen LogP contribution in [0.5, 0.6) is 5.75 Å². The van der Waals surface area contributed by atoms with Gasteiger partial charge in [-0.3, -0.25) is 0 Å². The van der Waals surface area contributed by atoms with Gasteiger partial charge in [0.2, 0.25) is 0 Å². The number of fused-ring (bicyclic) bond motifs is 1. The zero-order chi connectivity index (χ0) is 12.1. The molecule has 1 atom stereocenters. The largest absolute Gasteiger partial charge is 0.490 e. The van der Waals surface area contributed by atoms with E-state index in [4.69, 9.17) is 9.47 Å². The Morgan fingerprint density at radius 2 is 1.88 bits per heavy atom. The third-order valence-electron chi connectivity index (χ3n) is 2.68. The Balaban J connectivity index is 2.18. The second-order valence-electron chi connectivity index (χ2n) is 3.80. The van der Waals surface area contributed by atoms with E-state index in [-0.39, 0.29) is 6.10 Å². The van der Waals surface area contributed by atoms with E-state index in [1.165, 1.54) is 5.39 Å². The molecule has 0 aliphatic carbocycles. The number of rotatable bonds is 5. The van der Waals surface area contributed by atoms with Gasteiger partial charge < -0.3 is 9.47 Å². The number of ether oxygens (including phenoxy) is 2. The van der Waals surface area contributed by atoms with Crippen LogP contribution in [0.1, 0.15) is 0 Å². The smallest absolute Gasteiger partial charge is 0.127 e. The molecule has 0 bridgehead atoms. The van der Waals surface area contributed by atoms with Crippen LogP contribution < -0.4 is 4.74 Å². The summed E-state index contributed by atoms with van der Waals surface area (Å²) < 4.78 is 11.1. The standard InChI is InChI=1S/C14H15BrO2/c1-16-12(9-15)10-17-14-8-4-6-11-5-2-3-7-13(11)14/h2-8,12H,9-10H2,1H3/t12-/m1/s1. The molecule has 0 saturated carbocycles. The summed E-state index contributed by atoms with van der Waals surface area (Å²) in [6.07, 6.45) is 0.0777. The minimum atomic E-state index is 0.0777. The Morgan fingerprint density at radius 1 is 1.12 bits per heavy atom. The van der Waals surface area contributed by atoms with Gasteiger partial charge in [-0.1, -0.05) is 52.3 Å². The van der Waals surface area contributed by atoms with E-state index in [0.717, 1.165) is 16.5 Å². The third-order valence-corrected chi connectivity index (χ3v) is 3.40. The maximum Gasteiger partial charge on any atom is 0.127 e. The molecule has 0 aliphatic rings. The SMILES string of the molecule is CO[C@H](CBr)COc1cccc2ccccc12. The molecule has 3 heteroatoms. The Hall–Kier alpha value is -1.06. The molecule has 0 N–H and O–H groups in total. The molecule has 0 unspecified atom stereocenters. The molecule has 2 nitrogen and oxygen atoms in total. The van der Waals surface area contributed by atoms with Crippen molar-refractivity contribution in [2.75, 3.05) is 19.0 Å². The number of benzene rings is 2. The number of alkyl halides is 1. The average molecular weight is 295 g/mol. The van der Waals surface area contributed by atoms with Gasteiger partial charge in [-0.2, -0.15) is 0 Å². The van der Waals surface area contributed by atoms with Gasteiger partial charge in [0.15, 0.2) is 0 Å². The summed E-state index contributed by atoms with van der Waals surface area (Å²) in [4.78, 5) is 0. The minimum absolute atomic E-state index is 0.0777. The van der Waals surface area contributed by atoms with E-state index >= 15 is 0 Å². The van der Waals surface area contributed by atoms with Crippen molar-refractivity contribution in [3.8, 4) is 5.75 Å². The first-order valence-electron chi connectivity index (χ1n) is 5.54. The molecule has 0 spiro atoms. The summed E-state index contributed by atoms with van der Waals surface area (Å²) in [7, 11) is 1.69. The number of methoxy groups -OCH3 is 1. The minimum Gasteiger partial charge on any atom is -0.490 e. The van der Waals surface area contributed by atoms with Crippen molar-refractivity contribution in [2.24, 2.45) is 0 Å². The molecule has 0 fully saturated rings. The first-order chi connectivity index (χ1) is 8.35. The molecule has 17 heavy (non-hydrogen) atoms. The third kappa shape index (κ3) is 2.99.